The number of hydrogen-bond acceptors (Lipinski definition) is 3. The molecule has 0 saturated carbocycles. The lowest BCUT2D eigenvalue weighted by atomic mass is 9.97. The van der Waals surface area contributed by atoms with Crippen LogP contribution in [0, 0.1) is 5.92 Å². The number of para-hydroxylation sites is 1. The first-order valence-corrected chi connectivity index (χ1v) is 5.97. The Hall–Kier alpha value is -0.960. The monoisotopic (exact) mass is 208 g/mol. The molecular formula is C11H12O2S. The van der Waals surface area contributed by atoms with Crippen LogP contribution >= 0.6 is 11.8 Å². The molecule has 0 aliphatic carbocycles. The van der Waals surface area contributed by atoms with Crippen LogP contribution < -0.4 is 4.74 Å². The van der Waals surface area contributed by atoms with E-state index in [4.69, 9.17) is 4.74 Å². The Labute approximate surface area is 87.6 Å². The Morgan fingerprint density at radius 1 is 1.50 bits per heavy atom. The van der Waals surface area contributed by atoms with E-state index in [-0.39, 0.29) is 11.7 Å². The van der Waals surface area contributed by atoms with E-state index in [1.807, 2.05) is 30.5 Å². The van der Waals surface area contributed by atoms with Crippen LogP contribution in [-0.4, -0.2) is 24.4 Å². The Balaban J connectivity index is 2.27. The molecule has 2 nitrogen and oxygen atoms in total. The smallest absolute Gasteiger partial charge is 0.173 e. The number of thioether (sulfide) groups is 1. The molecular weight excluding hydrogens is 196 g/mol. The van der Waals surface area contributed by atoms with E-state index in [2.05, 4.69) is 0 Å². The van der Waals surface area contributed by atoms with E-state index in [1.54, 1.807) is 11.8 Å². The minimum Gasteiger partial charge on any atom is -0.492 e. The number of ketones is 1. The molecule has 1 aliphatic heterocycles. The van der Waals surface area contributed by atoms with Gasteiger partial charge in [-0.2, -0.15) is 11.8 Å². The zero-order valence-corrected chi connectivity index (χ0v) is 8.84. The SMILES string of the molecule is CSCC1COc2ccccc2C1=O. The second-order valence-electron chi connectivity index (χ2n) is 3.32. The van der Waals surface area contributed by atoms with E-state index in [0.717, 1.165) is 17.1 Å². The van der Waals surface area contributed by atoms with Gasteiger partial charge in [-0.25, -0.2) is 0 Å². The molecule has 74 valence electrons. The normalized spacial score (nSPS) is 20.1. The fraction of sp³-hybridized carbons (Fsp3) is 0.364. The number of rotatable bonds is 2. The lowest BCUT2D eigenvalue weighted by Gasteiger charge is -2.23. The molecule has 0 aromatic heterocycles. The number of carbonyl (C=O) groups excluding carboxylic acids is 1. The fourth-order valence-electron chi connectivity index (χ4n) is 1.61. The average molecular weight is 208 g/mol. The van der Waals surface area contributed by atoms with Crippen molar-refractivity contribution >= 4 is 17.5 Å². The lowest BCUT2D eigenvalue weighted by molar-refractivity contribution is 0.0853. The highest BCUT2D eigenvalue weighted by atomic mass is 32.2. The van der Waals surface area contributed by atoms with Crippen LogP contribution in [0.25, 0.3) is 0 Å². The molecule has 0 bridgehead atoms. The average Bonchev–Trinajstić information content (AvgIpc) is 2.23. The van der Waals surface area contributed by atoms with Crippen LogP contribution in [-0.2, 0) is 0 Å². The second kappa shape index (κ2) is 4.05. The van der Waals surface area contributed by atoms with Gasteiger partial charge < -0.3 is 4.74 Å². The Morgan fingerprint density at radius 2 is 2.29 bits per heavy atom. The number of carbonyl (C=O) groups is 1. The molecule has 1 aromatic rings. The first-order chi connectivity index (χ1) is 6.83. The molecule has 0 N–H and O–H groups in total. The minimum atomic E-state index is 0.0277. The van der Waals surface area contributed by atoms with E-state index in [9.17, 15) is 4.79 Å². The number of benzene rings is 1. The molecule has 0 radical (unpaired) electrons. The summed E-state index contributed by atoms with van der Waals surface area (Å²) in [6.45, 7) is 0.524. The molecule has 3 heteroatoms. The summed E-state index contributed by atoms with van der Waals surface area (Å²) in [6, 6.07) is 7.45. The maximum atomic E-state index is 11.9. The van der Waals surface area contributed by atoms with Crippen LogP contribution in [0.2, 0.25) is 0 Å². The van der Waals surface area contributed by atoms with Crippen molar-refractivity contribution in [2.24, 2.45) is 5.92 Å². The van der Waals surface area contributed by atoms with Gasteiger partial charge in [-0.15, -0.1) is 0 Å². The number of Topliss-reactive ketones (excluding diaryl/α,β-unsaturated/α-hetero) is 1. The highest BCUT2D eigenvalue weighted by Crippen LogP contribution is 2.27. The van der Waals surface area contributed by atoms with E-state index in [1.165, 1.54) is 0 Å². The quantitative estimate of drug-likeness (QED) is 0.745. The van der Waals surface area contributed by atoms with Crippen molar-refractivity contribution in [1.29, 1.82) is 0 Å². The summed E-state index contributed by atoms with van der Waals surface area (Å²) in [5.41, 5.74) is 0.734. The van der Waals surface area contributed by atoms with Gasteiger partial charge in [0.25, 0.3) is 0 Å². The van der Waals surface area contributed by atoms with E-state index < -0.39 is 0 Å². The van der Waals surface area contributed by atoms with Crippen molar-refractivity contribution in [3.8, 4) is 5.75 Å². The minimum absolute atomic E-state index is 0.0277. The van der Waals surface area contributed by atoms with Crippen molar-refractivity contribution in [3.63, 3.8) is 0 Å². The molecule has 0 fully saturated rings. The van der Waals surface area contributed by atoms with Crippen molar-refractivity contribution in [1.82, 2.24) is 0 Å². The van der Waals surface area contributed by atoms with Gasteiger partial charge in [0, 0.05) is 5.75 Å². The molecule has 1 unspecified atom stereocenters. The molecule has 1 aromatic carbocycles. The highest BCUT2D eigenvalue weighted by molar-refractivity contribution is 7.98. The number of fused-ring (bicyclic) bond motifs is 1. The predicted octanol–water partition coefficient (Wildman–Crippen LogP) is 2.24. The van der Waals surface area contributed by atoms with Crippen LogP contribution in [0.1, 0.15) is 10.4 Å². The molecule has 2 rings (SSSR count). The van der Waals surface area contributed by atoms with Gasteiger partial charge in [-0.05, 0) is 18.4 Å². The van der Waals surface area contributed by atoms with Gasteiger partial charge in [0.1, 0.15) is 5.75 Å². The van der Waals surface area contributed by atoms with Crippen molar-refractivity contribution in [2.45, 2.75) is 0 Å². The predicted molar refractivity (Wildman–Crippen MR) is 58.1 cm³/mol. The Morgan fingerprint density at radius 3 is 3.07 bits per heavy atom. The Kier molecular flexibility index (Phi) is 2.77. The molecule has 14 heavy (non-hydrogen) atoms. The first kappa shape index (κ1) is 9.59. The molecule has 1 aliphatic rings. The molecule has 1 heterocycles. The van der Waals surface area contributed by atoms with Crippen LogP contribution in [0.5, 0.6) is 5.75 Å². The van der Waals surface area contributed by atoms with Crippen LogP contribution in [0.3, 0.4) is 0 Å². The molecule has 0 amide bonds. The molecule has 0 saturated heterocycles. The largest absolute Gasteiger partial charge is 0.492 e. The summed E-state index contributed by atoms with van der Waals surface area (Å²) in [5.74, 6) is 1.82. The Bertz CT molecular complexity index is 349. The van der Waals surface area contributed by atoms with Crippen molar-refractivity contribution in [2.75, 3.05) is 18.6 Å². The second-order valence-corrected chi connectivity index (χ2v) is 4.23. The third kappa shape index (κ3) is 1.64. The van der Waals surface area contributed by atoms with Crippen LogP contribution in [0.4, 0.5) is 0 Å². The summed E-state index contributed by atoms with van der Waals surface area (Å²) in [4.78, 5) is 11.9. The molecule has 0 spiro atoms. The summed E-state index contributed by atoms with van der Waals surface area (Å²) in [7, 11) is 0. The maximum absolute atomic E-state index is 11.9. The fourth-order valence-corrected chi connectivity index (χ4v) is 2.26. The van der Waals surface area contributed by atoms with E-state index in [0.29, 0.717) is 6.61 Å². The van der Waals surface area contributed by atoms with Crippen LogP contribution in [0.15, 0.2) is 24.3 Å². The van der Waals surface area contributed by atoms with Gasteiger partial charge in [-0.1, -0.05) is 12.1 Å². The van der Waals surface area contributed by atoms with Gasteiger partial charge in [-0.3, -0.25) is 4.79 Å². The van der Waals surface area contributed by atoms with Gasteiger partial charge >= 0.3 is 0 Å². The third-order valence-electron chi connectivity index (χ3n) is 2.33. The van der Waals surface area contributed by atoms with Gasteiger partial charge in [0.2, 0.25) is 0 Å². The van der Waals surface area contributed by atoms with Crippen molar-refractivity contribution in [3.05, 3.63) is 29.8 Å². The standard InChI is InChI=1S/C11H12O2S/c1-14-7-8-6-13-10-5-3-2-4-9(10)11(8)12/h2-5,8H,6-7H2,1H3. The molecule has 1 atom stereocenters. The zero-order valence-electron chi connectivity index (χ0n) is 8.03. The summed E-state index contributed by atoms with van der Waals surface area (Å²) < 4.78 is 5.52. The number of hydrogen-bond donors (Lipinski definition) is 0. The lowest BCUT2D eigenvalue weighted by Crippen LogP contribution is -2.29. The summed E-state index contributed by atoms with van der Waals surface area (Å²) in [6.07, 6.45) is 2.01. The first-order valence-electron chi connectivity index (χ1n) is 4.58. The third-order valence-corrected chi connectivity index (χ3v) is 3.07. The van der Waals surface area contributed by atoms with Gasteiger partial charge in [0.15, 0.2) is 5.78 Å². The van der Waals surface area contributed by atoms with Gasteiger partial charge in [0.05, 0.1) is 18.1 Å². The van der Waals surface area contributed by atoms with Crippen molar-refractivity contribution < 1.29 is 9.53 Å². The number of ether oxygens (including phenoxy) is 1. The zero-order chi connectivity index (χ0) is 9.97. The summed E-state index contributed by atoms with van der Waals surface area (Å²) in [5, 5.41) is 0. The topological polar surface area (TPSA) is 26.3 Å². The highest BCUT2D eigenvalue weighted by Gasteiger charge is 2.27. The van der Waals surface area contributed by atoms with E-state index >= 15 is 0 Å². The summed E-state index contributed by atoms with van der Waals surface area (Å²) >= 11 is 1.69. The maximum Gasteiger partial charge on any atom is 0.173 e.